The largest absolute Gasteiger partial charge is 0.332 e. The second-order valence-electron chi connectivity index (χ2n) is 6.91. The number of rotatable bonds is 7. The summed E-state index contributed by atoms with van der Waals surface area (Å²) in [7, 11) is -7.24. The Morgan fingerprint density at radius 2 is 1.56 bits per heavy atom. The van der Waals surface area contributed by atoms with Crippen LogP contribution in [0.25, 0.3) is 0 Å². The summed E-state index contributed by atoms with van der Waals surface area (Å²) in [5, 5.41) is 7.34. The first-order valence-electron chi connectivity index (χ1n) is 9.27. The third-order valence-corrected chi connectivity index (χ3v) is 9.74. The van der Waals surface area contributed by atoms with Gasteiger partial charge in [0.2, 0.25) is 0 Å². The maximum atomic E-state index is 12.5. The van der Waals surface area contributed by atoms with E-state index in [9.17, 15) is 16.8 Å². The molecule has 0 aliphatic heterocycles. The lowest BCUT2D eigenvalue weighted by Gasteiger charge is -2.12. The van der Waals surface area contributed by atoms with E-state index in [1.807, 2.05) is 0 Å². The molecular weight excluding hydrogens is 510 g/mol. The van der Waals surface area contributed by atoms with Crippen molar-refractivity contribution in [3.63, 3.8) is 0 Å². The van der Waals surface area contributed by atoms with Crippen molar-refractivity contribution in [1.29, 1.82) is 0 Å². The lowest BCUT2D eigenvalue weighted by Crippen LogP contribution is -2.19. The number of halogens is 1. The first-order valence-corrected chi connectivity index (χ1v) is 14.0. The van der Waals surface area contributed by atoms with Gasteiger partial charge in [0.25, 0.3) is 10.0 Å². The van der Waals surface area contributed by atoms with Crippen molar-refractivity contribution in [3.8, 4) is 0 Å². The number of benzene rings is 2. The summed E-state index contributed by atoms with van der Waals surface area (Å²) in [6, 6.07) is 14.6. The molecule has 0 atom stereocenters. The van der Waals surface area contributed by atoms with Crippen LogP contribution in [0.4, 0.5) is 16.4 Å². The number of thiophene rings is 1. The molecule has 1 aromatic heterocycles. The van der Waals surface area contributed by atoms with E-state index in [1.54, 1.807) is 56.3 Å². The summed E-state index contributed by atoms with van der Waals surface area (Å²) in [6.45, 7) is 3.17. The smallest absolute Gasteiger partial charge is 0.261 e. The minimum atomic E-state index is -3.73. The van der Waals surface area contributed by atoms with Crippen molar-refractivity contribution in [2.24, 2.45) is 0 Å². The predicted molar refractivity (Wildman–Crippen MR) is 135 cm³/mol. The number of nitrogens with one attached hydrogen (secondary N) is 3. The highest BCUT2D eigenvalue weighted by atomic mass is 35.5. The summed E-state index contributed by atoms with van der Waals surface area (Å²) in [6.07, 6.45) is 0. The minimum absolute atomic E-state index is 0.0601. The van der Waals surface area contributed by atoms with Gasteiger partial charge in [0, 0.05) is 16.8 Å². The fraction of sp³-hybridized carbons (Fsp3) is 0.150. The predicted octanol–water partition coefficient (Wildman–Crippen LogP) is 5.19. The molecule has 3 rings (SSSR count). The molecule has 2 aromatic carbocycles. The Hall–Kier alpha value is -2.18. The number of anilines is 3. The number of sulfone groups is 1. The molecule has 170 valence electrons. The molecule has 7 nitrogen and oxygen atoms in total. The summed E-state index contributed by atoms with van der Waals surface area (Å²) >= 11 is 12.6. The second-order valence-corrected chi connectivity index (χ2v) is 12.7. The van der Waals surface area contributed by atoms with Crippen LogP contribution in [0.1, 0.15) is 13.8 Å². The van der Waals surface area contributed by atoms with Crippen molar-refractivity contribution >= 4 is 76.5 Å². The van der Waals surface area contributed by atoms with Crippen molar-refractivity contribution in [2.75, 3.05) is 15.4 Å². The molecule has 0 fully saturated rings. The molecule has 12 heteroatoms. The molecule has 0 bridgehead atoms. The average Bonchev–Trinajstić information content (AvgIpc) is 3.09. The highest BCUT2D eigenvalue weighted by molar-refractivity contribution is 7.92. The van der Waals surface area contributed by atoms with E-state index >= 15 is 0 Å². The number of thiocarbonyl (C=S) groups is 1. The summed E-state index contributed by atoms with van der Waals surface area (Å²) in [5.41, 5.74) is 1.01. The van der Waals surface area contributed by atoms with E-state index < -0.39 is 25.1 Å². The van der Waals surface area contributed by atoms with E-state index in [0.29, 0.717) is 16.4 Å². The third-order valence-electron chi connectivity index (χ3n) is 4.30. The topological polar surface area (TPSA) is 104 Å². The zero-order chi connectivity index (χ0) is 23.5. The van der Waals surface area contributed by atoms with Gasteiger partial charge in [0.1, 0.15) is 5.00 Å². The van der Waals surface area contributed by atoms with Crippen molar-refractivity contribution in [3.05, 3.63) is 65.0 Å². The van der Waals surface area contributed by atoms with Crippen LogP contribution in [0, 0.1) is 0 Å². The second kappa shape index (κ2) is 9.75. The molecule has 0 unspecified atom stereocenters. The minimum Gasteiger partial charge on any atom is -0.332 e. The standard InChI is InChI=1S/C20H20ClN3O4S4/c1-13(2)31(25,26)17-12-30-19(18(17)21)23-20(29)22-14-8-10-16(11-9-14)32(27,28)24-15-6-4-3-5-7-15/h3-13,24H,1-2H3,(H2,22,23,29). The first kappa shape index (κ1) is 24.5. The molecule has 0 aliphatic rings. The van der Waals surface area contributed by atoms with Gasteiger partial charge in [0.05, 0.1) is 20.1 Å². The van der Waals surface area contributed by atoms with Crippen LogP contribution >= 0.6 is 35.2 Å². The molecule has 3 N–H and O–H groups in total. The monoisotopic (exact) mass is 529 g/mol. The Morgan fingerprint density at radius 1 is 0.938 bits per heavy atom. The zero-order valence-corrected chi connectivity index (χ0v) is 21.0. The van der Waals surface area contributed by atoms with Gasteiger partial charge in [-0.15, -0.1) is 11.3 Å². The summed E-state index contributed by atoms with van der Waals surface area (Å²) < 4.78 is 52.3. The quantitative estimate of drug-likeness (QED) is 0.361. The van der Waals surface area contributed by atoms with Crippen molar-refractivity contribution in [2.45, 2.75) is 28.9 Å². The molecule has 32 heavy (non-hydrogen) atoms. The van der Waals surface area contributed by atoms with E-state index in [4.69, 9.17) is 23.8 Å². The van der Waals surface area contributed by atoms with E-state index in [0.717, 1.165) is 11.3 Å². The molecule has 0 saturated heterocycles. The number of hydrogen-bond acceptors (Lipinski definition) is 6. The molecule has 0 spiro atoms. The molecule has 3 aromatic rings. The third kappa shape index (κ3) is 5.59. The number of hydrogen-bond donors (Lipinski definition) is 3. The van der Waals surface area contributed by atoms with Gasteiger partial charge in [0.15, 0.2) is 14.9 Å². The van der Waals surface area contributed by atoms with Crippen LogP contribution in [0.2, 0.25) is 5.02 Å². The van der Waals surface area contributed by atoms with E-state index in [2.05, 4.69) is 15.4 Å². The SMILES string of the molecule is CC(C)S(=O)(=O)c1csc(NC(=S)Nc2ccc(S(=O)(=O)Nc3ccccc3)cc2)c1Cl. The Bertz CT molecular complexity index is 1320. The van der Waals surface area contributed by atoms with E-state index in [-0.39, 0.29) is 19.9 Å². The number of sulfonamides is 1. The lowest BCUT2D eigenvalue weighted by atomic mass is 10.3. The Morgan fingerprint density at radius 3 is 2.16 bits per heavy atom. The van der Waals surface area contributed by atoms with Crippen molar-refractivity contribution < 1.29 is 16.8 Å². The molecular formula is C20H20ClN3O4S4. The average molecular weight is 530 g/mol. The summed E-state index contributed by atoms with van der Waals surface area (Å²) in [5.74, 6) is 0. The van der Waals surface area contributed by atoms with Crippen LogP contribution in [0.3, 0.4) is 0 Å². The highest BCUT2D eigenvalue weighted by Gasteiger charge is 2.25. The van der Waals surface area contributed by atoms with Crippen molar-refractivity contribution in [1.82, 2.24) is 0 Å². The van der Waals surface area contributed by atoms with Gasteiger partial charge in [-0.05, 0) is 62.5 Å². The van der Waals surface area contributed by atoms with Gasteiger partial charge < -0.3 is 10.6 Å². The van der Waals surface area contributed by atoms with Crippen LogP contribution in [0.15, 0.2) is 69.8 Å². The molecule has 0 radical (unpaired) electrons. The summed E-state index contributed by atoms with van der Waals surface area (Å²) in [4.78, 5) is 0.153. The fourth-order valence-electron chi connectivity index (χ4n) is 2.56. The maximum absolute atomic E-state index is 12.5. The fourth-order valence-corrected chi connectivity index (χ4v) is 6.85. The molecule has 1 heterocycles. The van der Waals surface area contributed by atoms with E-state index in [1.165, 1.54) is 17.5 Å². The van der Waals surface area contributed by atoms with Gasteiger partial charge in [-0.1, -0.05) is 29.8 Å². The van der Waals surface area contributed by atoms with Crippen LogP contribution < -0.4 is 15.4 Å². The first-order chi connectivity index (χ1) is 15.0. The van der Waals surface area contributed by atoms with Crippen LogP contribution in [0.5, 0.6) is 0 Å². The Kier molecular flexibility index (Phi) is 7.46. The molecule has 0 aliphatic carbocycles. The zero-order valence-electron chi connectivity index (χ0n) is 17.0. The van der Waals surface area contributed by atoms with Gasteiger partial charge in [-0.2, -0.15) is 0 Å². The number of para-hydroxylation sites is 1. The Labute approximate surface area is 201 Å². The van der Waals surface area contributed by atoms with Gasteiger partial charge in [-0.25, -0.2) is 16.8 Å². The molecule has 0 amide bonds. The molecule has 0 saturated carbocycles. The van der Waals surface area contributed by atoms with Crippen LogP contribution in [-0.4, -0.2) is 27.2 Å². The van der Waals surface area contributed by atoms with Crippen LogP contribution in [-0.2, 0) is 19.9 Å². The highest BCUT2D eigenvalue weighted by Crippen LogP contribution is 2.37. The maximum Gasteiger partial charge on any atom is 0.261 e. The normalized spacial score (nSPS) is 11.9. The van der Waals surface area contributed by atoms with Gasteiger partial charge >= 0.3 is 0 Å². The lowest BCUT2D eigenvalue weighted by molar-refractivity contribution is 0.587. The van der Waals surface area contributed by atoms with Gasteiger partial charge in [-0.3, -0.25) is 4.72 Å². The Balaban J connectivity index is 1.67.